The van der Waals surface area contributed by atoms with E-state index in [4.69, 9.17) is 4.74 Å². The van der Waals surface area contributed by atoms with E-state index in [9.17, 15) is 9.59 Å². The molecule has 1 aromatic rings. The van der Waals surface area contributed by atoms with Crippen LogP contribution in [0.5, 0.6) is 0 Å². The van der Waals surface area contributed by atoms with Crippen molar-refractivity contribution < 1.29 is 14.3 Å². The lowest BCUT2D eigenvalue weighted by molar-refractivity contribution is -0.140. The molecule has 2 N–H and O–H groups in total. The van der Waals surface area contributed by atoms with Crippen LogP contribution in [-0.2, 0) is 20.9 Å². The van der Waals surface area contributed by atoms with E-state index in [1.807, 2.05) is 29.2 Å². The van der Waals surface area contributed by atoms with Crippen molar-refractivity contribution in [3.05, 3.63) is 29.8 Å². The molecule has 0 bridgehead atoms. The van der Waals surface area contributed by atoms with Gasteiger partial charge in [-0.15, -0.1) is 12.4 Å². The highest BCUT2D eigenvalue weighted by atomic mass is 35.5. The second-order valence-corrected chi connectivity index (χ2v) is 6.98. The second-order valence-electron chi connectivity index (χ2n) is 6.98. The van der Waals surface area contributed by atoms with Crippen LogP contribution in [0.3, 0.4) is 0 Å². The van der Waals surface area contributed by atoms with Gasteiger partial charge in [0.15, 0.2) is 0 Å². The van der Waals surface area contributed by atoms with E-state index in [0.717, 1.165) is 37.2 Å². The first kappa shape index (κ1) is 20.7. The van der Waals surface area contributed by atoms with Crippen molar-refractivity contribution in [1.29, 1.82) is 0 Å². The molecule has 1 heterocycles. The standard InChI is InChI=1S/C19H27N3O3.ClH/c1-14(23)22(17-7-8-17)13-15-3-5-16(6-4-15)21-18(24)19(25-2)9-11-20-12-10-19;/h3-6,17,20H,7-13H2,1-2H3,(H,21,24);1H. The Labute approximate surface area is 161 Å². The van der Waals surface area contributed by atoms with Gasteiger partial charge in [0, 0.05) is 32.3 Å². The van der Waals surface area contributed by atoms with Gasteiger partial charge in [0.1, 0.15) is 5.60 Å². The Hall–Kier alpha value is -1.63. The van der Waals surface area contributed by atoms with E-state index < -0.39 is 5.60 Å². The lowest BCUT2D eigenvalue weighted by Crippen LogP contribution is -2.51. The molecule has 0 unspecified atom stereocenters. The molecule has 144 valence electrons. The van der Waals surface area contributed by atoms with Gasteiger partial charge in [-0.3, -0.25) is 9.59 Å². The first-order valence-corrected chi connectivity index (χ1v) is 8.97. The summed E-state index contributed by atoms with van der Waals surface area (Å²) in [6, 6.07) is 8.12. The topological polar surface area (TPSA) is 70.7 Å². The van der Waals surface area contributed by atoms with Crippen molar-refractivity contribution in [3.63, 3.8) is 0 Å². The maximum absolute atomic E-state index is 12.7. The van der Waals surface area contributed by atoms with E-state index in [-0.39, 0.29) is 24.2 Å². The number of piperidine rings is 1. The molecule has 6 nitrogen and oxygen atoms in total. The van der Waals surface area contributed by atoms with E-state index in [1.165, 1.54) is 0 Å². The van der Waals surface area contributed by atoms with Crippen molar-refractivity contribution in [1.82, 2.24) is 10.2 Å². The number of anilines is 1. The van der Waals surface area contributed by atoms with Gasteiger partial charge in [-0.05, 0) is 56.5 Å². The summed E-state index contributed by atoms with van der Waals surface area (Å²) in [7, 11) is 1.60. The summed E-state index contributed by atoms with van der Waals surface area (Å²) in [6.07, 6.45) is 3.54. The minimum Gasteiger partial charge on any atom is -0.368 e. The summed E-state index contributed by atoms with van der Waals surface area (Å²) < 4.78 is 5.55. The number of benzene rings is 1. The number of hydrogen-bond acceptors (Lipinski definition) is 4. The number of carbonyl (C=O) groups excluding carboxylic acids is 2. The van der Waals surface area contributed by atoms with Gasteiger partial charge in [-0.25, -0.2) is 0 Å². The molecule has 2 amide bonds. The van der Waals surface area contributed by atoms with Gasteiger partial charge in [0.05, 0.1) is 0 Å². The Morgan fingerprint density at radius 1 is 1.23 bits per heavy atom. The molecule has 26 heavy (non-hydrogen) atoms. The third-order valence-corrected chi connectivity index (χ3v) is 5.17. The van der Waals surface area contributed by atoms with Crippen molar-refractivity contribution in [2.45, 2.75) is 50.8 Å². The van der Waals surface area contributed by atoms with Gasteiger partial charge < -0.3 is 20.3 Å². The summed E-state index contributed by atoms with van der Waals surface area (Å²) in [5.74, 6) is 0.0282. The smallest absolute Gasteiger partial charge is 0.256 e. The molecule has 0 radical (unpaired) electrons. The largest absolute Gasteiger partial charge is 0.368 e. The molecule has 1 aliphatic heterocycles. The summed E-state index contributed by atoms with van der Waals surface area (Å²) >= 11 is 0. The van der Waals surface area contributed by atoms with Crippen LogP contribution in [0, 0.1) is 0 Å². The maximum Gasteiger partial charge on any atom is 0.256 e. The molecule has 1 aromatic carbocycles. The molecule has 2 fully saturated rings. The Morgan fingerprint density at radius 3 is 2.35 bits per heavy atom. The molecule has 1 aliphatic carbocycles. The SMILES string of the molecule is COC1(C(=O)Nc2ccc(CN(C(C)=O)C3CC3)cc2)CCNCC1.Cl. The monoisotopic (exact) mass is 381 g/mol. The zero-order chi connectivity index (χ0) is 17.9. The van der Waals surface area contributed by atoms with Crippen LogP contribution in [-0.4, -0.2) is 48.6 Å². The van der Waals surface area contributed by atoms with Crippen molar-refractivity contribution in [2.24, 2.45) is 0 Å². The zero-order valence-electron chi connectivity index (χ0n) is 15.4. The summed E-state index contributed by atoms with van der Waals surface area (Å²) in [5, 5.41) is 6.22. The number of nitrogens with zero attached hydrogens (tertiary/aromatic N) is 1. The maximum atomic E-state index is 12.7. The average molecular weight is 382 g/mol. The minimum atomic E-state index is -0.749. The highest BCUT2D eigenvalue weighted by Gasteiger charge is 2.39. The molecule has 7 heteroatoms. The Balaban J connectivity index is 0.00000243. The Kier molecular flexibility index (Phi) is 7.03. The lowest BCUT2D eigenvalue weighted by atomic mass is 9.91. The van der Waals surface area contributed by atoms with Gasteiger partial charge in [-0.2, -0.15) is 0 Å². The fourth-order valence-corrected chi connectivity index (χ4v) is 3.37. The van der Waals surface area contributed by atoms with Crippen LogP contribution in [0.1, 0.15) is 38.2 Å². The van der Waals surface area contributed by atoms with Crippen molar-refractivity contribution in [3.8, 4) is 0 Å². The third kappa shape index (κ3) is 4.75. The average Bonchev–Trinajstić information content (AvgIpc) is 3.46. The van der Waals surface area contributed by atoms with E-state index in [1.54, 1.807) is 14.0 Å². The van der Waals surface area contributed by atoms with Crippen molar-refractivity contribution >= 4 is 29.9 Å². The second kappa shape index (κ2) is 8.84. The molecule has 0 aromatic heterocycles. The van der Waals surface area contributed by atoms with Crippen LogP contribution in [0.15, 0.2) is 24.3 Å². The van der Waals surface area contributed by atoms with Gasteiger partial charge in [0.2, 0.25) is 5.91 Å². The number of ether oxygens (including phenoxy) is 1. The highest BCUT2D eigenvalue weighted by molar-refractivity contribution is 5.97. The van der Waals surface area contributed by atoms with Crippen LogP contribution in [0.2, 0.25) is 0 Å². The quantitative estimate of drug-likeness (QED) is 0.793. The number of halogens is 1. The summed E-state index contributed by atoms with van der Waals surface area (Å²) in [6.45, 7) is 3.81. The van der Waals surface area contributed by atoms with E-state index in [0.29, 0.717) is 25.4 Å². The van der Waals surface area contributed by atoms with Crippen molar-refractivity contribution in [2.75, 3.05) is 25.5 Å². The third-order valence-electron chi connectivity index (χ3n) is 5.17. The Bertz CT molecular complexity index is 625. The number of hydrogen-bond donors (Lipinski definition) is 2. The molecule has 2 aliphatic rings. The highest BCUT2D eigenvalue weighted by Crippen LogP contribution is 2.29. The number of nitrogens with one attached hydrogen (secondary N) is 2. The fourth-order valence-electron chi connectivity index (χ4n) is 3.37. The van der Waals surface area contributed by atoms with Crippen LogP contribution < -0.4 is 10.6 Å². The molecule has 0 atom stereocenters. The van der Waals surface area contributed by atoms with Gasteiger partial charge in [0.25, 0.3) is 5.91 Å². The predicted octanol–water partition coefficient (Wildman–Crippen LogP) is 2.33. The van der Waals surface area contributed by atoms with Crippen LogP contribution in [0.4, 0.5) is 5.69 Å². The predicted molar refractivity (Wildman–Crippen MR) is 103 cm³/mol. The zero-order valence-corrected chi connectivity index (χ0v) is 16.2. The number of carbonyl (C=O) groups is 2. The molecule has 0 spiro atoms. The molecular formula is C19H28ClN3O3. The first-order valence-electron chi connectivity index (χ1n) is 8.97. The lowest BCUT2D eigenvalue weighted by Gasteiger charge is -2.34. The molecular weight excluding hydrogens is 354 g/mol. The number of methoxy groups -OCH3 is 1. The number of amides is 2. The minimum absolute atomic E-state index is 0. The van der Waals surface area contributed by atoms with E-state index in [2.05, 4.69) is 10.6 Å². The summed E-state index contributed by atoms with van der Waals surface area (Å²) in [5.41, 5.74) is 1.08. The molecule has 3 rings (SSSR count). The normalized spacial score (nSPS) is 18.5. The number of rotatable bonds is 6. The first-order chi connectivity index (χ1) is 12.0. The summed E-state index contributed by atoms with van der Waals surface area (Å²) in [4.78, 5) is 26.3. The van der Waals surface area contributed by atoms with Gasteiger partial charge in [-0.1, -0.05) is 12.1 Å². The Morgan fingerprint density at radius 2 is 1.85 bits per heavy atom. The van der Waals surface area contributed by atoms with Crippen LogP contribution >= 0.6 is 12.4 Å². The van der Waals surface area contributed by atoms with E-state index >= 15 is 0 Å². The van der Waals surface area contributed by atoms with Gasteiger partial charge >= 0.3 is 0 Å². The molecule has 1 saturated carbocycles. The fraction of sp³-hybridized carbons (Fsp3) is 0.579. The van der Waals surface area contributed by atoms with Crippen LogP contribution in [0.25, 0.3) is 0 Å². The molecule has 1 saturated heterocycles.